The average molecular weight is 464 g/mol. The molecule has 11 heteroatoms. The fourth-order valence-corrected chi connectivity index (χ4v) is 3.58. The number of aromatic nitrogens is 1. The fourth-order valence-electron chi connectivity index (χ4n) is 3.58. The third-order valence-electron chi connectivity index (χ3n) is 5.32. The van der Waals surface area contributed by atoms with Crippen LogP contribution in [-0.4, -0.2) is 43.0 Å². The molecule has 4 rings (SSSR count). The van der Waals surface area contributed by atoms with Gasteiger partial charge in [0.2, 0.25) is 5.91 Å². The summed E-state index contributed by atoms with van der Waals surface area (Å²) in [5, 5.41) is 5.55. The summed E-state index contributed by atoms with van der Waals surface area (Å²) in [4.78, 5) is 31.0. The third kappa shape index (κ3) is 5.72. The van der Waals surface area contributed by atoms with Gasteiger partial charge in [-0.05, 0) is 55.0 Å². The van der Waals surface area contributed by atoms with Crippen LogP contribution in [-0.2, 0) is 9.53 Å². The monoisotopic (exact) mass is 464 g/mol. The molecule has 2 aromatic rings. The molecular formula is C22H23F3N4O4. The highest BCUT2D eigenvalue weighted by molar-refractivity contribution is 6.08. The van der Waals surface area contributed by atoms with E-state index in [4.69, 9.17) is 4.74 Å². The first-order valence-corrected chi connectivity index (χ1v) is 10.5. The second-order valence-electron chi connectivity index (χ2n) is 7.83. The van der Waals surface area contributed by atoms with Crippen LogP contribution in [0.2, 0.25) is 0 Å². The number of hydrogen-bond donors (Lipinski definition) is 2. The second kappa shape index (κ2) is 9.26. The molecular weight excluding hydrogens is 441 g/mol. The molecule has 176 valence electrons. The molecule has 0 spiro atoms. The van der Waals surface area contributed by atoms with Gasteiger partial charge >= 0.3 is 12.4 Å². The highest BCUT2D eigenvalue weighted by Crippen LogP contribution is 2.42. The lowest BCUT2D eigenvalue weighted by atomic mass is 10.1. The van der Waals surface area contributed by atoms with E-state index in [9.17, 15) is 22.8 Å². The Morgan fingerprint density at radius 3 is 2.67 bits per heavy atom. The van der Waals surface area contributed by atoms with Crippen molar-refractivity contribution in [1.29, 1.82) is 0 Å². The number of amides is 3. The van der Waals surface area contributed by atoms with E-state index in [1.54, 1.807) is 13.1 Å². The van der Waals surface area contributed by atoms with Gasteiger partial charge in [-0.1, -0.05) is 12.1 Å². The van der Waals surface area contributed by atoms with Crippen LogP contribution in [0.5, 0.6) is 5.75 Å². The number of rotatable bonds is 7. The Kier molecular flexibility index (Phi) is 6.41. The maximum atomic E-state index is 13.1. The van der Waals surface area contributed by atoms with Crippen LogP contribution in [0.1, 0.15) is 42.9 Å². The van der Waals surface area contributed by atoms with Crippen LogP contribution in [0.25, 0.3) is 0 Å². The molecule has 33 heavy (non-hydrogen) atoms. The summed E-state index contributed by atoms with van der Waals surface area (Å²) >= 11 is 0. The molecule has 2 N–H and O–H groups in total. The summed E-state index contributed by atoms with van der Waals surface area (Å²) in [6.07, 6.45) is -0.935. The SMILES string of the molecule is CCOCC(NC(=O)N1CC(=O)Nc2cc(C3CC3)cnc21)c1ccc(OC(F)(F)F)cc1. The number of ether oxygens (including phenoxy) is 2. The predicted molar refractivity (Wildman–Crippen MR) is 113 cm³/mol. The lowest BCUT2D eigenvalue weighted by Crippen LogP contribution is -2.49. The lowest BCUT2D eigenvalue weighted by molar-refractivity contribution is -0.274. The number of hydrogen-bond acceptors (Lipinski definition) is 5. The molecule has 0 saturated heterocycles. The van der Waals surface area contributed by atoms with Crippen molar-refractivity contribution in [3.05, 3.63) is 47.7 Å². The van der Waals surface area contributed by atoms with Crippen molar-refractivity contribution in [2.24, 2.45) is 0 Å². The van der Waals surface area contributed by atoms with E-state index >= 15 is 0 Å². The minimum atomic E-state index is -4.80. The summed E-state index contributed by atoms with van der Waals surface area (Å²) in [5.74, 6) is 0.0526. The van der Waals surface area contributed by atoms with Gasteiger partial charge in [-0.25, -0.2) is 9.78 Å². The lowest BCUT2D eigenvalue weighted by Gasteiger charge is -2.30. The van der Waals surface area contributed by atoms with Crippen molar-refractivity contribution in [3.8, 4) is 5.75 Å². The first-order chi connectivity index (χ1) is 15.7. The van der Waals surface area contributed by atoms with E-state index in [1.165, 1.54) is 29.2 Å². The van der Waals surface area contributed by atoms with Gasteiger partial charge < -0.3 is 20.1 Å². The quantitative estimate of drug-likeness (QED) is 0.644. The van der Waals surface area contributed by atoms with Crippen molar-refractivity contribution in [3.63, 3.8) is 0 Å². The highest BCUT2D eigenvalue weighted by Gasteiger charge is 2.33. The van der Waals surface area contributed by atoms with E-state index < -0.39 is 18.4 Å². The molecule has 0 radical (unpaired) electrons. The highest BCUT2D eigenvalue weighted by atomic mass is 19.4. The number of urea groups is 1. The summed E-state index contributed by atoms with van der Waals surface area (Å²) in [5.41, 5.74) is 2.01. The molecule has 1 aliphatic heterocycles. The zero-order chi connectivity index (χ0) is 23.6. The van der Waals surface area contributed by atoms with E-state index in [1.807, 2.05) is 6.07 Å². The number of nitrogens with zero attached hydrogens (tertiary/aromatic N) is 2. The average Bonchev–Trinajstić information content (AvgIpc) is 3.60. The second-order valence-corrected chi connectivity index (χ2v) is 7.83. The van der Waals surface area contributed by atoms with Gasteiger partial charge in [0, 0.05) is 12.8 Å². The number of benzene rings is 1. The molecule has 3 amide bonds. The molecule has 8 nitrogen and oxygen atoms in total. The zero-order valence-electron chi connectivity index (χ0n) is 17.8. The van der Waals surface area contributed by atoms with Crippen molar-refractivity contribution in [1.82, 2.24) is 10.3 Å². The van der Waals surface area contributed by atoms with E-state index in [-0.39, 0.29) is 24.8 Å². The van der Waals surface area contributed by atoms with Crippen LogP contribution in [0, 0.1) is 0 Å². The van der Waals surface area contributed by atoms with Crippen molar-refractivity contribution in [2.75, 3.05) is 30.0 Å². The number of anilines is 2. The largest absolute Gasteiger partial charge is 0.573 e. The Hall–Kier alpha value is -3.34. The third-order valence-corrected chi connectivity index (χ3v) is 5.32. The number of carbonyl (C=O) groups excluding carboxylic acids is 2. The molecule has 2 heterocycles. The Morgan fingerprint density at radius 2 is 2.03 bits per heavy atom. The maximum absolute atomic E-state index is 13.1. The normalized spacial score (nSPS) is 16.6. The van der Waals surface area contributed by atoms with Gasteiger partial charge in [-0.3, -0.25) is 9.69 Å². The summed E-state index contributed by atoms with van der Waals surface area (Å²) in [6.45, 7) is 2.03. The van der Waals surface area contributed by atoms with Crippen LogP contribution in [0.3, 0.4) is 0 Å². The number of halogens is 3. The Labute approximate surface area is 188 Å². The zero-order valence-corrected chi connectivity index (χ0v) is 17.8. The van der Waals surface area contributed by atoms with Gasteiger partial charge in [0.1, 0.15) is 12.3 Å². The van der Waals surface area contributed by atoms with Crippen LogP contribution >= 0.6 is 0 Å². The van der Waals surface area contributed by atoms with Gasteiger partial charge in [0.15, 0.2) is 5.82 Å². The van der Waals surface area contributed by atoms with E-state index in [2.05, 4.69) is 20.4 Å². The fraction of sp³-hybridized carbons (Fsp3) is 0.409. The molecule has 1 aromatic carbocycles. The molecule has 2 aliphatic rings. The minimum absolute atomic E-state index is 0.0860. The molecule has 1 fully saturated rings. The van der Waals surface area contributed by atoms with Crippen molar-refractivity contribution in [2.45, 2.75) is 38.1 Å². The maximum Gasteiger partial charge on any atom is 0.573 e. The molecule has 1 atom stereocenters. The van der Waals surface area contributed by atoms with Gasteiger partial charge in [-0.2, -0.15) is 0 Å². The molecule has 1 unspecified atom stereocenters. The topological polar surface area (TPSA) is 92.8 Å². The number of alkyl halides is 3. The standard InChI is InChI=1S/C22H23F3N4O4/c1-2-32-12-18(14-5-7-16(8-6-14)33-22(23,24)25)28-21(31)29-11-19(30)27-17-9-15(13-3-4-13)10-26-20(17)29/h5-10,13,18H,2-4,11-12H2,1H3,(H,27,30)(H,28,31). The van der Waals surface area contributed by atoms with Gasteiger partial charge in [0.25, 0.3) is 0 Å². The smallest absolute Gasteiger partial charge is 0.406 e. The summed E-state index contributed by atoms with van der Waals surface area (Å²) in [6, 6.07) is 5.77. The van der Waals surface area contributed by atoms with E-state index in [0.717, 1.165) is 18.4 Å². The molecule has 1 aromatic heterocycles. The number of pyridine rings is 1. The van der Waals surface area contributed by atoms with Crippen molar-refractivity contribution >= 4 is 23.4 Å². The first kappa shape index (κ1) is 22.8. The first-order valence-electron chi connectivity index (χ1n) is 10.5. The van der Waals surface area contributed by atoms with E-state index in [0.29, 0.717) is 29.6 Å². The Morgan fingerprint density at radius 1 is 1.30 bits per heavy atom. The minimum Gasteiger partial charge on any atom is -0.406 e. The van der Waals surface area contributed by atoms with Gasteiger partial charge in [-0.15, -0.1) is 13.2 Å². The number of carbonyl (C=O) groups is 2. The Balaban J connectivity index is 1.52. The predicted octanol–water partition coefficient (Wildman–Crippen LogP) is 4.10. The van der Waals surface area contributed by atoms with Crippen molar-refractivity contribution < 1.29 is 32.2 Å². The summed E-state index contributed by atoms with van der Waals surface area (Å²) in [7, 11) is 0. The van der Waals surface area contributed by atoms with Crippen LogP contribution < -0.4 is 20.3 Å². The van der Waals surface area contributed by atoms with Crippen LogP contribution in [0.4, 0.5) is 29.5 Å². The summed E-state index contributed by atoms with van der Waals surface area (Å²) < 4.78 is 46.6. The molecule has 1 saturated carbocycles. The number of fused-ring (bicyclic) bond motifs is 1. The molecule has 0 bridgehead atoms. The van der Waals surface area contributed by atoms with Gasteiger partial charge in [0.05, 0.1) is 18.3 Å². The molecule has 1 aliphatic carbocycles. The Bertz CT molecular complexity index is 1030. The number of nitrogens with one attached hydrogen (secondary N) is 2. The van der Waals surface area contributed by atoms with Crippen LogP contribution in [0.15, 0.2) is 36.5 Å².